The topological polar surface area (TPSA) is 61.9 Å². The van der Waals surface area contributed by atoms with Gasteiger partial charge < -0.3 is 9.30 Å². The molecule has 0 N–H and O–H groups in total. The summed E-state index contributed by atoms with van der Waals surface area (Å²) in [5.41, 5.74) is 8.09. The maximum absolute atomic E-state index is 13.6. The molecule has 6 nitrogen and oxygen atoms in total. The molecule has 0 spiro atoms. The molecule has 0 fully saturated rings. The zero-order chi connectivity index (χ0) is 25.5. The number of aromatic nitrogens is 4. The number of hydrogen-bond donors (Lipinski definition) is 0. The number of nitrogens with zero attached hydrogens (tertiary/aromatic N) is 4. The normalized spacial score (nSPS) is 11.3. The van der Waals surface area contributed by atoms with Crippen LogP contribution in [-0.4, -0.2) is 26.4 Å². The van der Waals surface area contributed by atoms with Crippen LogP contribution in [0.5, 0.6) is 5.75 Å². The predicted molar refractivity (Wildman–Crippen MR) is 147 cm³/mol. The van der Waals surface area contributed by atoms with Gasteiger partial charge in [-0.15, -0.1) is 0 Å². The van der Waals surface area contributed by atoms with Crippen molar-refractivity contribution in [2.45, 2.75) is 20.4 Å². The van der Waals surface area contributed by atoms with E-state index in [0.717, 1.165) is 44.5 Å². The van der Waals surface area contributed by atoms with Crippen LogP contribution in [0, 0.1) is 13.8 Å². The Morgan fingerprint density at radius 3 is 2.38 bits per heavy atom. The van der Waals surface area contributed by atoms with Gasteiger partial charge in [-0.05, 0) is 54.8 Å². The van der Waals surface area contributed by atoms with Crippen LogP contribution in [-0.2, 0) is 6.54 Å². The van der Waals surface area contributed by atoms with Gasteiger partial charge in [-0.1, -0.05) is 54.6 Å². The van der Waals surface area contributed by atoms with Gasteiger partial charge in [0.05, 0.1) is 29.3 Å². The van der Waals surface area contributed by atoms with E-state index < -0.39 is 0 Å². The lowest BCUT2D eigenvalue weighted by molar-refractivity contribution is 0.419. The largest absolute Gasteiger partial charge is 0.496 e. The Bertz CT molecular complexity index is 1760. The number of para-hydroxylation sites is 1. The van der Waals surface area contributed by atoms with E-state index in [9.17, 15) is 4.79 Å². The number of benzene rings is 3. The van der Waals surface area contributed by atoms with Gasteiger partial charge in [0.1, 0.15) is 11.4 Å². The van der Waals surface area contributed by atoms with Crippen molar-refractivity contribution >= 4 is 10.9 Å². The predicted octanol–water partition coefficient (Wildman–Crippen LogP) is 6.03. The highest BCUT2D eigenvalue weighted by molar-refractivity contribution is 5.98. The minimum atomic E-state index is -0.145. The van der Waals surface area contributed by atoms with Gasteiger partial charge in [-0.3, -0.25) is 9.78 Å². The van der Waals surface area contributed by atoms with Crippen molar-refractivity contribution in [2.24, 2.45) is 0 Å². The summed E-state index contributed by atoms with van der Waals surface area (Å²) in [6, 6.07) is 26.3. The van der Waals surface area contributed by atoms with Crippen molar-refractivity contribution in [3.8, 4) is 33.8 Å². The number of methoxy groups -OCH3 is 1. The highest BCUT2D eigenvalue weighted by Gasteiger charge is 2.23. The Kier molecular flexibility index (Phi) is 5.57. The summed E-state index contributed by atoms with van der Waals surface area (Å²) in [6.07, 6.45) is 3.81. The molecule has 0 unspecified atom stereocenters. The first-order valence-corrected chi connectivity index (χ1v) is 12.2. The first-order chi connectivity index (χ1) is 18.0. The van der Waals surface area contributed by atoms with Gasteiger partial charge in [-0.25, -0.2) is 0 Å². The van der Waals surface area contributed by atoms with Crippen LogP contribution < -0.4 is 10.3 Å². The Balaban J connectivity index is 1.49. The van der Waals surface area contributed by atoms with E-state index >= 15 is 0 Å². The summed E-state index contributed by atoms with van der Waals surface area (Å²) in [7, 11) is 1.65. The molecule has 0 bridgehead atoms. The zero-order valence-electron chi connectivity index (χ0n) is 21.0. The van der Waals surface area contributed by atoms with Crippen molar-refractivity contribution < 1.29 is 4.74 Å². The second-order valence-corrected chi connectivity index (χ2v) is 9.26. The van der Waals surface area contributed by atoms with Gasteiger partial charge in [0.25, 0.3) is 5.56 Å². The molecule has 0 atom stereocenters. The Morgan fingerprint density at radius 1 is 0.865 bits per heavy atom. The quantitative estimate of drug-likeness (QED) is 0.299. The number of aryl methyl sites for hydroxylation is 2. The van der Waals surface area contributed by atoms with Crippen LogP contribution in [0.2, 0.25) is 0 Å². The van der Waals surface area contributed by atoms with E-state index in [2.05, 4.69) is 39.9 Å². The number of pyridine rings is 2. The van der Waals surface area contributed by atoms with E-state index in [0.29, 0.717) is 23.6 Å². The van der Waals surface area contributed by atoms with Crippen LogP contribution in [0.25, 0.3) is 39.0 Å². The average molecular weight is 487 g/mol. The van der Waals surface area contributed by atoms with Crippen molar-refractivity contribution in [3.05, 3.63) is 118 Å². The third-order valence-corrected chi connectivity index (χ3v) is 6.83. The molecule has 3 heterocycles. The molecule has 1 aromatic heterocycles. The second kappa shape index (κ2) is 9.06. The summed E-state index contributed by atoms with van der Waals surface area (Å²) >= 11 is 0. The highest BCUT2D eigenvalue weighted by Crippen LogP contribution is 2.35. The SMILES string of the molecule is COc1cccc2c1c1nn(-c3ccccc3C)c(=O)c-1cn2Cc1ccc(-c2ccc(C)nc2)cc1. The summed E-state index contributed by atoms with van der Waals surface area (Å²) in [5, 5.41) is 5.61. The van der Waals surface area contributed by atoms with Gasteiger partial charge in [-0.2, -0.15) is 9.78 Å². The van der Waals surface area contributed by atoms with Crippen LogP contribution in [0.1, 0.15) is 16.8 Å². The van der Waals surface area contributed by atoms with Crippen molar-refractivity contribution in [1.29, 1.82) is 0 Å². The maximum Gasteiger partial charge on any atom is 0.282 e. The Labute approximate surface area is 214 Å². The summed E-state index contributed by atoms with van der Waals surface area (Å²) < 4.78 is 9.33. The molecule has 0 aliphatic carbocycles. The van der Waals surface area contributed by atoms with E-state index in [1.165, 1.54) is 4.68 Å². The number of hydrogen-bond acceptors (Lipinski definition) is 4. The van der Waals surface area contributed by atoms with E-state index in [1.54, 1.807) is 7.11 Å². The van der Waals surface area contributed by atoms with Crippen LogP contribution >= 0.6 is 0 Å². The molecule has 6 heteroatoms. The molecule has 182 valence electrons. The molecular weight excluding hydrogens is 460 g/mol. The number of ether oxygens (including phenoxy) is 1. The lowest BCUT2D eigenvalue weighted by atomic mass is 10.0. The minimum absolute atomic E-state index is 0.145. The second-order valence-electron chi connectivity index (χ2n) is 9.26. The van der Waals surface area contributed by atoms with Crippen LogP contribution in [0.4, 0.5) is 0 Å². The fourth-order valence-corrected chi connectivity index (χ4v) is 4.84. The molecule has 2 aliphatic heterocycles. The summed E-state index contributed by atoms with van der Waals surface area (Å²) in [6.45, 7) is 4.57. The molecule has 0 saturated heterocycles. The fourth-order valence-electron chi connectivity index (χ4n) is 4.84. The van der Waals surface area contributed by atoms with Gasteiger partial charge in [0.2, 0.25) is 0 Å². The molecule has 3 aromatic carbocycles. The van der Waals surface area contributed by atoms with E-state index in [-0.39, 0.29) is 5.56 Å². The molecule has 2 aliphatic rings. The first kappa shape index (κ1) is 22.7. The molecule has 0 saturated carbocycles. The van der Waals surface area contributed by atoms with Crippen molar-refractivity contribution in [1.82, 2.24) is 19.3 Å². The smallest absolute Gasteiger partial charge is 0.282 e. The zero-order valence-corrected chi connectivity index (χ0v) is 21.0. The Hall–Kier alpha value is -4.71. The average Bonchev–Trinajstić information content (AvgIpc) is 3.25. The van der Waals surface area contributed by atoms with Crippen LogP contribution in [0.15, 0.2) is 96.1 Å². The molecule has 37 heavy (non-hydrogen) atoms. The maximum atomic E-state index is 13.6. The Morgan fingerprint density at radius 2 is 1.65 bits per heavy atom. The third-order valence-electron chi connectivity index (χ3n) is 6.83. The van der Waals surface area contributed by atoms with E-state index in [4.69, 9.17) is 9.84 Å². The lowest BCUT2D eigenvalue weighted by Crippen LogP contribution is -2.16. The van der Waals surface area contributed by atoms with Gasteiger partial charge >= 0.3 is 0 Å². The molecule has 4 aromatic rings. The number of rotatable bonds is 5. The fraction of sp³-hybridized carbons (Fsp3) is 0.129. The van der Waals surface area contributed by atoms with Gasteiger partial charge in [0, 0.05) is 30.2 Å². The summed E-state index contributed by atoms with van der Waals surface area (Å²) in [5.74, 6) is 0.688. The lowest BCUT2D eigenvalue weighted by Gasteiger charge is -2.16. The standard InChI is InChI=1S/C31H26N4O2/c1-20-7-4-5-8-26(20)35-31(36)25-19-34(27-9-6-10-28(37-3)29(27)30(25)33-35)18-22-12-15-23(16-13-22)24-14-11-21(2)32-17-24/h4-17,19H,18H2,1-3H3. The van der Waals surface area contributed by atoms with Crippen LogP contribution in [0.3, 0.4) is 0 Å². The van der Waals surface area contributed by atoms with Crippen molar-refractivity contribution in [2.75, 3.05) is 7.11 Å². The number of fused-ring (bicyclic) bond motifs is 3. The molecule has 0 radical (unpaired) electrons. The third kappa shape index (κ3) is 3.96. The molecule has 0 amide bonds. The van der Waals surface area contributed by atoms with Gasteiger partial charge in [0.15, 0.2) is 0 Å². The minimum Gasteiger partial charge on any atom is -0.496 e. The van der Waals surface area contributed by atoms with Crippen molar-refractivity contribution in [3.63, 3.8) is 0 Å². The summed E-state index contributed by atoms with van der Waals surface area (Å²) in [4.78, 5) is 18.0. The van der Waals surface area contributed by atoms with E-state index in [1.807, 2.05) is 74.8 Å². The first-order valence-electron chi connectivity index (χ1n) is 12.2. The molecular formula is C31H26N4O2. The monoisotopic (exact) mass is 486 g/mol. The highest BCUT2D eigenvalue weighted by atomic mass is 16.5. The molecule has 6 rings (SSSR count).